The number of hydrogen-bond donors (Lipinski definition) is 2. The van der Waals surface area contributed by atoms with E-state index in [4.69, 9.17) is 0 Å². The number of fused-ring (bicyclic) bond motifs is 1. The van der Waals surface area contributed by atoms with Gasteiger partial charge in [0, 0.05) is 24.8 Å². The average Bonchev–Trinajstić information content (AvgIpc) is 3.30. The summed E-state index contributed by atoms with van der Waals surface area (Å²) in [7, 11) is -3.44. The van der Waals surface area contributed by atoms with E-state index in [1.807, 2.05) is 13.0 Å². The molecule has 0 spiro atoms. The molecule has 0 unspecified atom stereocenters. The Morgan fingerprint density at radius 3 is 2.47 bits per heavy atom. The highest BCUT2D eigenvalue weighted by atomic mass is 32.2. The molecule has 30 heavy (non-hydrogen) atoms. The van der Waals surface area contributed by atoms with Gasteiger partial charge < -0.3 is 5.32 Å². The Bertz CT molecular complexity index is 999. The summed E-state index contributed by atoms with van der Waals surface area (Å²) in [6.45, 7) is 3.02. The zero-order valence-corrected chi connectivity index (χ0v) is 18.1. The molecule has 1 aliphatic carbocycles. The summed E-state index contributed by atoms with van der Waals surface area (Å²) in [5, 5.41) is 6.35. The number of rotatable bonds is 6. The molecule has 0 bridgehead atoms. The summed E-state index contributed by atoms with van der Waals surface area (Å²) < 4.78 is 26.8. The standard InChI is InChI=1S/C23H29N3O3S/c1-17(24-22-10-6-8-18-7-2-3-9-21(18)22)23(27)25-19-11-13-20(14-12-19)30(28,29)26-15-4-5-16-26/h2-3,7,9,11-14,17,22,24H,4-6,8,10,15-16H2,1H3,(H,25,27)/t17-,22+/m1/s1. The first-order chi connectivity index (χ1) is 14.4. The number of amides is 1. The molecule has 2 aromatic carbocycles. The second kappa shape index (κ2) is 8.88. The molecule has 0 radical (unpaired) electrons. The van der Waals surface area contributed by atoms with Crippen molar-refractivity contribution in [2.45, 2.75) is 56.0 Å². The van der Waals surface area contributed by atoms with Crippen molar-refractivity contribution in [3.05, 3.63) is 59.7 Å². The zero-order chi connectivity index (χ0) is 21.1. The fourth-order valence-electron chi connectivity index (χ4n) is 4.34. The number of carbonyl (C=O) groups is 1. The maximum atomic E-state index is 12.7. The molecular weight excluding hydrogens is 398 g/mol. The Kier molecular flexibility index (Phi) is 6.22. The summed E-state index contributed by atoms with van der Waals surface area (Å²) in [6.07, 6.45) is 5.02. The van der Waals surface area contributed by atoms with Crippen LogP contribution in [0.4, 0.5) is 5.69 Å². The van der Waals surface area contributed by atoms with Crippen molar-refractivity contribution in [1.29, 1.82) is 0 Å². The van der Waals surface area contributed by atoms with Crippen molar-refractivity contribution in [3.63, 3.8) is 0 Å². The van der Waals surface area contributed by atoms with Gasteiger partial charge in [0.05, 0.1) is 10.9 Å². The highest BCUT2D eigenvalue weighted by Gasteiger charge is 2.27. The van der Waals surface area contributed by atoms with E-state index in [2.05, 4.69) is 28.8 Å². The van der Waals surface area contributed by atoms with E-state index < -0.39 is 10.0 Å². The van der Waals surface area contributed by atoms with E-state index >= 15 is 0 Å². The smallest absolute Gasteiger partial charge is 0.243 e. The molecule has 0 aromatic heterocycles. The van der Waals surface area contributed by atoms with Crippen molar-refractivity contribution in [2.75, 3.05) is 18.4 Å². The SMILES string of the molecule is C[C@@H](N[C@H]1CCCc2ccccc21)C(=O)Nc1ccc(S(=O)(=O)N2CCCC2)cc1. The number of sulfonamides is 1. The quantitative estimate of drug-likeness (QED) is 0.740. The van der Waals surface area contributed by atoms with Gasteiger partial charge >= 0.3 is 0 Å². The number of benzene rings is 2. The van der Waals surface area contributed by atoms with Gasteiger partial charge in [-0.3, -0.25) is 10.1 Å². The third-order valence-corrected chi connectivity index (χ3v) is 7.95. The van der Waals surface area contributed by atoms with E-state index in [1.165, 1.54) is 15.4 Å². The van der Waals surface area contributed by atoms with Crippen LogP contribution in [0.25, 0.3) is 0 Å². The van der Waals surface area contributed by atoms with Gasteiger partial charge in [-0.2, -0.15) is 4.31 Å². The van der Waals surface area contributed by atoms with Crippen LogP contribution in [0.15, 0.2) is 53.4 Å². The topological polar surface area (TPSA) is 78.5 Å². The Morgan fingerprint density at radius 1 is 1.03 bits per heavy atom. The predicted octanol–water partition coefficient (Wildman–Crippen LogP) is 3.47. The number of carbonyl (C=O) groups excluding carboxylic acids is 1. The minimum absolute atomic E-state index is 0.131. The molecule has 2 atom stereocenters. The largest absolute Gasteiger partial charge is 0.325 e. The van der Waals surface area contributed by atoms with Crippen molar-refractivity contribution in [3.8, 4) is 0 Å². The summed E-state index contributed by atoms with van der Waals surface area (Å²) in [4.78, 5) is 13.0. The van der Waals surface area contributed by atoms with Crippen molar-refractivity contribution < 1.29 is 13.2 Å². The van der Waals surface area contributed by atoms with Crippen molar-refractivity contribution in [1.82, 2.24) is 9.62 Å². The molecule has 2 aliphatic rings. The summed E-state index contributed by atoms with van der Waals surface area (Å²) >= 11 is 0. The van der Waals surface area contributed by atoms with Crippen LogP contribution in [0.1, 0.15) is 49.8 Å². The first-order valence-electron chi connectivity index (χ1n) is 10.7. The maximum Gasteiger partial charge on any atom is 0.243 e. The van der Waals surface area contributed by atoms with E-state index in [1.54, 1.807) is 24.3 Å². The fraction of sp³-hybridized carbons (Fsp3) is 0.435. The predicted molar refractivity (Wildman–Crippen MR) is 118 cm³/mol. The van der Waals surface area contributed by atoms with Crippen LogP contribution in [-0.2, 0) is 21.2 Å². The monoisotopic (exact) mass is 427 g/mol. The van der Waals surface area contributed by atoms with Gasteiger partial charge in [-0.05, 0) is 74.4 Å². The van der Waals surface area contributed by atoms with Crippen LogP contribution in [0.3, 0.4) is 0 Å². The zero-order valence-electron chi connectivity index (χ0n) is 17.3. The summed E-state index contributed by atoms with van der Waals surface area (Å²) in [5.41, 5.74) is 3.22. The Balaban J connectivity index is 1.38. The second-order valence-electron chi connectivity index (χ2n) is 8.16. The van der Waals surface area contributed by atoms with Gasteiger partial charge in [-0.1, -0.05) is 24.3 Å². The normalized spacial score (nSPS) is 20.5. The van der Waals surface area contributed by atoms with E-state index in [9.17, 15) is 13.2 Å². The average molecular weight is 428 g/mol. The maximum absolute atomic E-state index is 12.7. The number of aryl methyl sites for hydroxylation is 1. The van der Waals surface area contributed by atoms with Crippen LogP contribution >= 0.6 is 0 Å². The summed E-state index contributed by atoms with van der Waals surface area (Å²) in [5.74, 6) is -0.131. The lowest BCUT2D eigenvalue weighted by atomic mass is 9.87. The van der Waals surface area contributed by atoms with E-state index in [-0.39, 0.29) is 22.9 Å². The lowest BCUT2D eigenvalue weighted by molar-refractivity contribution is -0.118. The van der Waals surface area contributed by atoms with E-state index in [0.717, 1.165) is 32.1 Å². The van der Waals surface area contributed by atoms with Gasteiger partial charge in [0.25, 0.3) is 0 Å². The van der Waals surface area contributed by atoms with Gasteiger partial charge in [0.1, 0.15) is 0 Å². The molecule has 6 nitrogen and oxygen atoms in total. The highest BCUT2D eigenvalue weighted by Crippen LogP contribution is 2.30. The Hall–Kier alpha value is -2.22. The van der Waals surface area contributed by atoms with Gasteiger partial charge in [-0.25, -0.2) is 8.42 Å². The molecule has 1 fully saturated rings. The lowest BCUT2D eigenvalue weighted by Crippen LogP contribution is -2.41. The molecule has 1 amide bonds. The first kappa shape index (κ1) is 21.0. The van der Waals surface area contributed by atoms with E-state index in [0.29, 0.717) is 18.8 Å². The fourth-order valence-corrected chi connectivity index (χ4v) is 5.86. The molecule has 1 aliphatic heterocycles. The molecule has 2 N–H and O–H groups in total. The summed E-state index contributed by atoms with van der Waals surface area (Å²) in [6, 6.07) is 14.6. The molecule has 4 rings (SSSR count). The number of hydrogen-bond acceptors (Lipinski definition) is 4. The Labute approximate surface area is 178 Å². The molecule has 1 heterocycles. The van der Waals surface area contributed by atoms with Crippen LogP contribution in [0.2, 0.25) is 0 Å². The van der Waals surface area contributed by atoms with Crippen LogP contribution in [0, 0.1) is 0 Å². The van der Waals surface area contributed by atoms with Gasteiger partial charge in [-0.15, -0.1) is 0 Å². The van der Waals surface area contributed by atoms with Gasteiger partial charge in [0.15, 0.2) is 0 Å². The number of nitrogens with one attached hydrogen (secondary N) is 2. The molecular formula is C23H29N3O3S. The third-order valence-electron chi connectivity index (χ3n) is 6.04. The lowest BCUT2D eigenvalue weighted by Gasteiger charge is -2.29. The molecule has 160 valence electrons. The minimum Gasteiger partial charge on any atom is -0.325 e. The van der Waals surface area contributed by atoms with Crippen molar-refractivity contribution >= 4 is 21.6 Å². The molecule has 7 heteroatoms. The number of anilines is 1. The first-order valence-corrected chi connectivity index (χ1v) is 12.1. The minimum atomic E-state index is -3.44. The highest BCUT2D eigenvalue weighted by molar-refractivity contribution is 7.89. The van der Waals surface area contributed by atoms with Crippen LogP contribution < -0.4 is 10.6 Å². The van der Waals surface area contributed by atoms with Crippen LogP contribution in [0.5, 0.6) is 0 Å². The molecule has 1 saturated heterocycles. The van der Waals surface area contributed by atoms with Crippen LogP contribution in [-0.4, -0.2) is 37.8 Å². The van der Waals surface area contributed by atoms with Gasteiger partial charge in [0.2, 0.25) is 15.9 Å². The van der Waals surface area contributed by atoms with Crippen molar-refractivity contribution in [2.24, 2.45) is 0 Å². The molecule has 2 aromatic rings. The number of nitrogens with zero attached hydrogens (tertiary/aromatic N) is 1. The Morgan fingerprint density at radius 2 is 1.73 bits per heavy atom. The third kappa shape index (κ3) is 4.43. The molecule has 0 saturated carbocycles. The second-order valence-corrected chi connectivity index (χ2v) is 10.1.